The Labute approximate surface area is 124 Å². The molecule has 1 nitrogen and oxygen atoms in total. The van der Waals surface area contributed by atoms with Gasteiger partial charge >= 0.3 is 0 Å². The minimum atomic E-state index is 0.356. The summed E-state index contributed by atoms with van der Waals surface area (Å²) >= 11 is 3.48. The standard InChI is InChI=1S/C17H20BrN/c1-4-16(14-6-8-15(18)9-7-14)19-17-10-5-12(2)11-13(17)3/h5-11,16,19H,4H2,1-3H3. The van der Waals surface area contributed by atoms with Crippen molar-refractivity contribution >= 4 is 21.6 Å². The van der Waals surface area contributed by atoms with E-state index >= 15 is 0 Å². The Bertz CT molecular complexity index is 546. The topological polar surface area (TPSA) is 12.0 Å². The molecule has 0 fully saturated rings. The van der Waals surface area contributed by atoms with E-state index in [9.17, 15) is 0 Å². The first-order valence-corrected chi connectivity index (χ1v) is 7.48. The van der Waals surface area contributed by atoms with Crippen LogP contribution in [0.5, 0.6) is 0 Å². The maximum atomic E-state index is 3.64. The van der Waals surface area contributed by atoms with Crippen LogP contribution in [0.1, 0.15) is 36.1 Å². The number of benzene rings is 2. The van der Waals surface area contributed by atoms with Crippen LogP contribution in [0, 0.1) is 13.8 Å². The average molecular weight is 318 g/mol. The molecule has 100 valence electrons. The van der Waals surface area contributed by atoms with Crippen molar-refractivity contribution in [2.45, 2.75) is 33.2 Å². The molecular formula is C17H20BrN. The van der Waals surface area contributed by atoms with Crippen molar-refractivity contribution in [1.29, 1.82) is 0 Å². The van der Waals surface area contributed by atoms with E-state index in [4.69, 9.17) is 0 Å². The summed E-state index contributed by atoms with van der Waals surface area (Å²) in [5, 5.41) is 3.64. The molecule has 0 heterocycles. The maximum absolute atomic E-state index is 3.64. The molecule has 0 amide bonds. The first-order chi connectivity index (χ1) is 9.10. The summed E-state index contributed by atoms with van der Waals surface area (Å²) in [6.07, 6.45) is 1.06. The quantitative estimate of drug-likeness (QED) is 0.770. The normalized spacial score (nSPS) is 12.2. The van der Waals surface area contributed by atoms with E-state index in [1.807, 2.05) is 0 Å². The van der Waals surface area contributed by atoms with Gasteiger partial charge in [0.15, 0.2) is 0 Å². The highest BCUT2D eigenvalue weighted by atomic mass is 79.9. The molecular weight excluding hydrogens is 298 g/mol. The van der Waals surface area contributed by atoms with Gasteiger partial charge in [0.05, 0.1) is 6.04 Å². The van der Waals surface area contributed by atoms with E-state index < -0.39 is 0 Å². The molecule has 0 aliphatic carbocycles. The van der Waals surface area contributed by atoms with Gasteiger partial charge in [0, 0.05) is 10.2 Å². The summed E-state index contributed by atoms with van der Waals surface area (Å²) in [5.41, 5.74) is 5.15. The van der Waals surface area contributed by atoms with Crippen LogP contribution in [0.3, 0.4) is 0 Å². The van der Waals surface area contributed by atoms with Crippen molar-refractivity contribution in [3.8, 4) is 0 Å². The number of halogens is 1. The number of hydrogen-bond acceptors (Lipinski definition) is 1. The van der Waals surface area contributed by atoms with Crippen LogP contribution in [-0.4, -0.2) is 0 Å². The molecule has 19 heavy (non-hydrogen) atoms. The van der Waals surface area contributed by atoms with Crippen LogP contribution in [-0.2, 0) is 0 Å². The predicted octanol–water partition coefficient (Wildman–Crippen LogP) is 5.63. The van der Waals surface area contributed by atoms with Crippen molar-refractivity contribution in [1.82, 2.24) is 0 Å². The monoisotopic (exact) mass is 317 g/mol. The molecule has 0 aliphatic heterocycles. The van der Waals surface area contributed by atoms with Crippen LogP contribution in [0.4, 0.5) is 5.69 Å². The van der Waals surface area contributed by atoms with Gasteiger partial charge in [0.2, 0.25) is 0 Å². The molecule has 0 saturated carbocycles. The molecule has 0 aliphatic rings. The molecule has 0 radical (unpaired) electrons. The largest absolute Gasteiger partial charge is 0.378 e. The lowest BCUT2D eigenvalue weighted by Crippen LogP contribution is -2.10. The third-order valence-corrected chi connectivity index (χ3v) is 3.92. The lowest BCUT2D eigenvalue weighted by molar-refractivity contribution is 0.748. The SMILES string of the molecule is CCC(Nc1ccc(C)cc1C)c1ccc(Br)cc1. The van der Waals surface area contributed by atoms with Crippen molar-refractivity contribution in [3.63, 3.8) is 0 Å². The molecule has 0 bridgehead atoms. The lowest BCUT2D eigenvalue weighted by Gasteiger charge is -2.20. The summed E-state index contributed by atoms with van der Waals surface area (Å²) in [7, 11) is 0. The van der Waals surface area contributed by atoms with Crippen LogP contribution in [0.2, 0.25) is 0 Å². The highest BCUT2D eigenvalue weighted by Crippen LogP contribution is 2.26. The fourth-order valence-corrected chi connectivity index (χ4v) is 2.54. The summed E-state index contributed by atoms with van der Waals surface area (Å²) in [4.78, 5) is 0. The number of anilines is 1. The van der Waals surface area contributed by atoms with E-state index in [2.05, 4.69) is 84.5 Å². The second-order valence-corrected chi connectivity index (χ2v) is 5.89. The molecule has 1 N–H and O–H groups in total. The van der Waals surface area contributed by atoms with E-state index in [0.29, 0.717) is 6.04 Å². The molecule has 2 aromatic rings. The fraction of sp³-hybridized carbons (Fsp3) is 0.294. The van der Waals surface area contributed by atoms with Gasteiger partial charge in [-0.05, 0) is 49.6 Å². The fourth-order valence-electron chi connectivity index (χ4n) is 2.28. The number of rotatable bonds is 4. The van der Waals surface area contributed by atoms with Crippen LogP contribution >= 0.6 is 15.9 Å². The number of hydrogen-bond donors (Lipinski definition) is 1. The van der Waals surface area contributed by atoms with Crippen molar-refractivity contribution in [3.05, 3.63) is 63.6 Å². The van der Waals surface area contributed by atoms with E-state index in [-0.39, 0.29) is 0 Å². The molecule has 0 saturated heterocycles. The second-order valence-electron chi connectivity index (χ2n) is 4.98. The van der Waals surface area contributed by atoms with Crippen LogP contribution in [0.15, 0.2) is 46.9 Å². The highest BCUT2D eigenvalue weighted by molar-refractivity contribution is 9.10. The minimum Gasteiger partial charge on any atom is -0.378 e. The second kappa shape index (κ2) is 6.25. The maximum Gasteiger partial charge on any atom is 0.0511 e. The third kappa shape index (κ3) is 3.60. The van der Waals surface area contributed by atoms with Gasteiger partial charge in [-0.1, -0.05) is 52.7 Å². The van der Waals surface area contributed by atoms with Crippen molar-refractivity contribution in [2.24, 2.45) is 0 Å². The molecule has 2 aromatic carbocycles. The summed E-state index contributed by atoms with van der Waals surface area (Å²) in [6.45, 7) is 6.50. The summed E-state index contributed by atoms with van der Waals surface area (Å²) < 4.78 is 1.12. The Morgan fingerprint density at radius 1 is 1.05 bits per heavy atom. The van der Waals surface area contributed by atoms with E-state index in [1.165, 1.54) is 22.4 Å². The Kier molecular flexibility index (Phi) is 4.65. The molecule has 1 atom stereocenters. The zero-order chi connectivity index (χ0) is 13.8. The van der Waals surface area contributed by atoms with E-state index in [1.54, 1.807) is 0 Å². The molecule has 2 heteroatoms. The van der Waals surface area contributed by atoms with Crippen molar-refractivity contribution in [2.75, 3.05) is 5.32 Å². The Morgan fingerprint density at radius 3 is 2.32 bits per heavy atom. The van der Waals surface area contributed by atoms with Gasteiger partial charge in [-0.2, -0.15) is 0 Å². The molecule has 1 unspecified atom stereocenters. The van der Waals surface area contributed by atoms with Gasteiger partial charge in [-0.3, -0.25) is 0 Å². The first kappa shape index (κ1) is 14.1. The predicted molar refractivity (Wildman–Crippen MR) is 86.7 cm³/mol. The van der Waals surface area contributed by atoms with Crippen molar-refractivity contribution < 1.29 is 0 Å². The Hall–Kier alpha value is -1.28. The van der Waals surface area contributed by atoms with Gasteiger partial charge in [0.25, 0.3) is 0 Å². The lowest BCUT2D eigenvalue weighted by atomic mass is 10.0. The Balaban J connectivity index is 2.21. The van der Waals surface area contributed by atoms with Gasteiger partial charge in [0.1, 0.15) is 0 Å². The van der Waals surface area contributed by atoms with Crippen LogP contribution < -0.4 is 5.32 Å². The molecule has 2 rings (SSSR count). The van der Waals surface area contributed by atoms with Gasteiger partial charge in [-0.25, -0.2) is 0 Å². The van der Waals surface area contributed by atoms with Gasteiger partial charge < -0.3 is 5.32 Å². The van der Waals surface area contributed by atoms with Gasteiger partial charge in [-0.15, -0.1) is 0 Å². The minimum absolute atomic E-state index is 0.356. The zero-order valence-electron chi connectivity index (χ0n) is 11.7. The third-order valence-electron chi connectivity index (χ3n) is 3.39. The van der Waals surface area contributed by atoms with Crippen LogP contribution in [0.25, 0.3) is 0 Å². The average Bonchev–Trinajstić information content (AvgIpc) is 2.39. The van der Waals surface area contributed by atoms with E-state index in [0.717, 1.165) is 10.9 Å². The Morgan fingerprint density at radius 2 is 1.74 bits per heavy atom. The number of aryl methyl sites for hydroxylation is 2. The zero-order valence-corrected chi connectivity index (χ0v) is 13.3. The molecule has 0 aromatic heterocycles. The highest BCUT2D eigenvalue weighted by Gasteiger charge is 2.10. The molecule has 0 spiro atoms. The summed E-state index contributed by atoms with van der Waals surface area (Å²) in [5.74, 6) is 0. The smallest absolute Gasteiger partial charge is 0.0511 e. The number of nitrogens with one attached hydrogen (secondary N) is 1. The first-order valence-electron chi connectivity index (χ1n) is 6.69. The summed E-state index contributed by atoms with van der Waals surface area (Å²) in [6, 6.07) is 15.5.